The number of aromatic nitrogens is 1. The first kappa shape index (κ1) is 16.4. The van der Waals surface area contributed by atoms with E-state index >= 15 is 0 Å². The molecule has 1 unspecified atom stereocenters. The van der Waals surface area contributed by atoms with E-state index in [1.165, 1.54) is 22.5 Å². The Morgan fingerprint density at radius 2 is 2.14 bits per heavy atom. The maximum atomic E-state index is 5.10. The number of methoxy groups -OCH3 is 1. The third-order valence-corrected chi connectivity index (χ3v) is 4.84. The first-order chi connectivity index (χ1) is 10.2. The van der Waals surface area contributed by atoms with Gasteiger partial charge in [-0.3, -0.25) is 0 Å². The molecule has 0 aliphatic rings. The Bertz CT molecular complexity index is 521. The minimum absolute atomic E-state index is 0.260. The molecule has 0 bridgehead atoms. The smallest absolute Gasteiger partial charge is 0.0944 e. The molecule has 0 fully saturated rings. The molecule has 1 aromatic carbocycles. The van der Waals surface area contributed by atoms with Gasteiger partial charge < -0.3 is 10.1 Å². The molecule has 0 amide bonds. The molecule has 0 aliphatic carbocycles. The first-order valence-corrected chi connectivity index (χ1v) is 8.52. The minimum Gasteiger partial charge on any atom is -0.383 e. The van der Waals surface area contributed by atoms with Crippen LogP contribution in [0.5, 0.6) is 0 Å². The quantitative estimate of drug-likeness (QED) is 0.714. The number of thiazole rings is 1. The van der Waals surface area contributed by atoms with E-state index in [9.17, 15) is 0 Å². The molecule has 21 heavy (non-hydrogen) atoms. The molecule has 2 rings (SSSR count). The summed E-state index contributed by atoms with van der Waals surface area (Å²) in [4.78, 5) is 4.79. The zero-order valence-electron chi connectivity index (χ0n) is 13.3. The number of ether oxygens (including phenoxy) is 1. The molecular formula is C17H26N2OS. The molecule has 1 atom stereocenters. The molecule has 0 spiro atoms. The van der Waals surface area contributed by atoms with Crippen molar-refractivity contribution < 1.29 is 4.74 Å². The van der Waals surface area contributed by atoms with Crippen LogP contribution < -0.4 is 5.32 Å². The summed E-state index contributed by atoms with van der Waals surface area (Å²) in [7, 11) is 1.74. The van der Waals surface area contributed by atoms with Gasteiger partial charge in [-0.1, -0.05) is 32.4 Å². The van der Waals surface area contributed by atoms with Crippen molar-refractivity contribution in [2.75, 3.05) is 26.8 Å². The minimum atomic E-state index is 0.260. The van der Waals surface area contributed by atoms with Gasteiger partial charge in [0, 0.05) is 26.6 Å². The van der Waals surface area contributed by atoms with Crippen LogP contribution in [0.1, 0.15) is 31.7 Å². The van der Waals surface area contributed by atoms with Crippen molar-refractivity contribution in [3.63, 3.8) is 0 Å². The normalized spacial score (nSPS) is 14.4. The second-order valence-electron chi connectivity index (χ2n) is 5.98. The summed E-state index contributed by atoms with van der Waals surface area (Å²) in [5.74, 6) is 0. The van der Waals surface area contributed by atoms with Gasteiger partial charge in [0.2, 0.25) is 0 Å². The second kappa shape index (κ2) is 7.87. The van der Waals surface area contributed by atoms with Gasteiger partial charge in [-0.15, -0.1) is 11.3 Å². The number of hydrogen-bond acceptors (Lipinski definition) is 4. The van der Waals surface area contributed by atoms with Gasteiger partial charge in [0.15, 0.2) is 0 Å². The predicted octanol–water partition coefficient (Wildman–Crippen LogP) is 3.88. The van der Waals surface area contributed by atoms with Crippen LogP contribution in [-0.4, -0.2) is 31.8 Å². The largest absolute Gasteiger partial charge is 0.383 e. The number of benzene rings is 1. The lowest BCUT2D eigenvalue weighted by Gasteiger charge is -2.29. The molecule has 3 nitrogen and oxygen atoms in total. The lowest BCUT2D eigenvalue weighted by molar-refractivity contribution is 0.190. The van der Waals surface area contributed by atoms with Gasteiger partial charge in [0.25, 0.3) is 0 Å². The zero-order chi connectivity index (χ0) is 15.1. The number of nitrogens with zero attached hydrogens (tertiary/aromatic N) is 1. The Kier molecular flexibility index (Phi) is 6.15. The highest BCUT2D eigenvalue weighted by molar-refractivity contribution is 7.18. The predicted molar refractivity (Wildman–Crippen MR) is 91.1 cm³/mol. The maximum absolute atomic E-state index is 5.10. The second-order valence-corrected chi connectivity index (χ2v) is 7.10. The van der Waals surface area contributed by atoms with Crippen LogP contribution >= 0.6 is 11.3 Å². The summed E-state index contributed by atoms with van der Waals surface area (Å²) in [6.45, 7) is 7.31. The van der Waals surface area contributed by atoms with Crippen molar-refractivity contribution >= 4 is 21.6 Å². The van der Waals surface area contributed by atoms with Crippen LogP contribution in [0, 0.1) is 5.41 Å². The lowest BCUT2D eigenvalue weighted by atomic mass is 9.82. The average Bonchev–Trinajstić information content (AvgIpc) is 2.85. The van der Waals surface area contributed by atoms with Crippen LogP contribution in [0.25, 0.3) is 10.2 Å². The summed E-state index contributed by atoms with van der Waals surface area (Å²) in [5, 5.41) is 4.77. The third-order valence-electron chi connectivity index (χ3n) is 3.80. The summed E-state index contributed by atoms with van der Waals surface area (Å²) in [6, 6.07) is 8.40. The van der Waals surface area contributed by atoms with E-state index in [0.717, 1.165) is 31.6 Å². The van der Waals surface area contributed by atoms with Crippen LogP contribution in [0.3, 0.4) is 0 Å². The Morgan fingerprint density at radius 3 is 2.86 bits per heavy atom. The summed E-state index contributed by atoms with van der Waals surface area (Å²) < 4.78 is 6.39. The number of nitrogens with one attached hydrogen (secondary N) is 1. The van der Waals surface area contributed by atoms with Crippen LogP contribution in [0.15, 0.2) is 24.3 Å². The summed E-state index contributed by atoms with van der Waals surface area (Å²) >= 11 is 1.83. The van der Waals surface area contributed by atoms with Gasteiger partial charge in [0.05, 0.1) is 21.8 Å². The Labute approximate surface area is 131 Å². The van der Waals surface area contributed by atoms with E-state index in [1.54, 1.807) is 7.11 Å². The molecule has 1 N–H and O–H groups in total. The summed E-state index contributed by atoms with van der Waals surface area (Å²) in [5.41, 5.74) is 1.39. The van der Waals surface area contributed by atoms with E-state index in [1.807, 2.05) is 11.3 Å². The third kappa shape index (κ3) is 4.77. The molecule has 4 heteroatoms. The Hall–Kier alpha value is -0.970. The van der Waals surface area contributed by atoms with E-state index < -0.39 is 0 Å². The van der Waals surface area contributed by atoms with Crippen molar-refractivity contribution in [3.05, 3.63) is 29.3 Å². The molecular weight excluding hydrogens is 280 g/mol. The van der Waals surface area contributed by atoms with Crippen molar-refractivity contribution in [2.24, 2.45) is 5.41 Å². The molecule has 2 aromatic rings. The molecule has 0 saturated carbocycles. The number of rotatable bonds is 9. The van der Waals surface area contributed by atoms with Gasteiger partial charge >= 0.3 is 0 Å². The highest BCUT2D eigenvalue weighted by Gasteiger charge is 2.25. The van der Waals surface area contributed by atoms with Crippen molar-refractivity contribution in [1.82, 2.24) is 10.3 Å². The monoisotopic (exact) mass is 306 g/mol. The number of hydrogen-bond donors (Lipinski definition) is 1. The zero-order valence-corrected chi connectivity index (χ0v) is 14.1. The van der Waals surface area contributed by atoms with Gasteiger partial charge in [-0.05, 0) is 24.0 Å². The molecule has 1 heterocycles. The fourth-order valence-corrected chi connectivity index (χ4v) is 3.95. The fourth-order valence-electron chi connectivity index (χ4n) is 2.77. The molecule has 0 aliphatic heterocycles. The summed E-state index contributed by atoms with van der Waals surface area (Å²) in [6.07, 6.45) is 3.45. The van der Waals surface area contributed by atoms with Crippen LogP contribution in [-0.2, 0) is 11.2 Å². The van der Waals surface area contributed by atoms with Crippen molar-refractivity contribution in [3.8, 4) is 0 Å². The Morgan fingerprint density at radius 1 is 1.33 bits per heavy atom. The highest BCUT2D eigenvalue weighted by atomic mass is 32.1. The molecule has 1 aromatic heterocycles. The number of para-hydroxylation sites is 1. The van der Waals surface area contributed by atoms with Gasteiger partial charge in [-0.2, -0.15) is 0 Å². The van der Waals surface area contributed by atoms with E-state index in [-0.39, 0.29) is 5.41 Å². The standard InChI is InChI=1S/C17H26N2OS/c1-4-9-17(2,13-18-10-11-20-3)12-16-19-14-7-5-6-8-15(14)21-16/h5-8,18H,4,9-13H2,1-3H3. The number of fused-ring (bicyclic) bond motifs is 1. The van der Waals surface area contributed by atoms with Gasteiger partial charge in [0.1, 0.15) is 0 Å². The molecule has 0 saturated heterocycles. The van der Waals surface area contributed by atoms with Gasteiger partial charge in [-0.25, -0.2) is 4.98 Å². The van der Waals surface area contributed by atoms with Crippen molar-refractivity contribution in [2.45, 2.75) is 33.1 Å². The average molecular weight is 306 g/mol. The highest BCUT2D eigenvalue weighted by Crippen LogP contribution is 2.31. The fraction of sp³-hybridized carbons (Fsp3) is 0.588. The van der Waals surface area contributed by atoms with Crippen LogP contribution in [0.2, 0.25) is 0 Å². The molecule has 116 valence electrons. The van der Waals surface area contributed by atoms with Crippen molar-refractivity contribution in [1.29, 1.82) is 0 Å². The topological polar surface area (TPSA) is 34.1 Å². The lowest BCUT2D eigenvalue weighted by Crippen LogP contribution is -2.35. The van der Waals surface area contributed by atoms with E-state index in [4.69, 9.17) is 9.72 Å². The Balaban J connectivity index is 2.03. The molecule has 0 radical (unpaired) electrons. The van der Waals surface area contributed by atoms with E-state index in [2.05, 4.69) is 43.4 Å². The van der Waals surface area contributed by atoms with E-state index in [0.29, 0.717) is 0 Å². The first-order valence-electron chi connectivity index (χ1n) is 7.71. The SMILES string of the molecule is CCCC(C)(CNCCOC)Cc1nc2ccccc2s1. The maximum Gasteiger partial charge on any atom is 0.0944 e. The van der Waals surface area contributed by atoms with Crippen LogP contribution in [0.4, 0.5) is 0 Å².